The van der Waals surface area contributed by atoms with E-state index in [0.29, 0.717) is 0 Å². The minimum atomic E-state index is 0.167. The molecule has 0 aliphatic carbocycles. The number of aromatic nitrogens is 1. The largest absolute Gasteiger partial charge is 0.395 e. The summed E-state index contributed by atoms with van der Waals surface area (Å²) in [6.45, 7) is 2.96. The number of aliphatic hydroxyl groups is 1. The molecule has 68 valence electrons. The quantitative estimate of drug-likeness (QED) is 0.686. The van der Waals surface area contributed by atoms with Gasteiger partial charge in [0.2, 0.25) is 0 Å². The Morgan fingerprint density at radius 2 is 2.42 bits per heavy atom. The summed E-state index contributed by atoms with van der Waals surface area (Å²) in [4.78, 5) is 0. The van der Waals surface area contributed by atoms with Crippen molar-refractivity contribution in [2.45, 2.75) is 19.5 Å². The van der Waals surface area contributed by atoms with Crippen molar-refractivity contribution in [1.29, 1.82) is 0 Å². The molecule has 0 amide bonds. The summed E-state index contributed by atoms with van der Waals surface area (Å²) in [7, 11) is 2.01. The van der Waals surface area contributed by atoms with Crippen LogP contribution < -0.4 is 5.32 Å². The molecule has 1 unspecified atom stereocenters. The highest BCUT2D eigenvalue weighted by Gasteiger charge is 2.00. The minimum absolute atomic E-state index is 0.167. The molecule has 0 bridgehead atoms. The van der Waals surface area contributed by atoms with Gasteiger partial charge in [-0.25, -0.2) is 0 Å². The number of rotatable bonds is 4. The minimum Gasteiger partial charge on any atom is -0.395 e. The van der Waals surface area contributed by atoms with Crippen LogP contribution in [-0.2, 0) is 13.6 Å². The van der Waals surface area contributed by atoms with Crippen LogP contribution in [0.25, 0.3) is 0 Å². The SMILES string of the molecule is CC(CO)NCc1cccn1C. The van der Waals surface area contributed by atoms with E-state index in [2.05, 4.69) is 16.0 Å². The van der Waals surface area contributed by atoms with Crippen molar-refractivity contribution in [2.75, 3.05) is 6.61 Å². The van der Waals surface area contributed by atoms with E-state index in [0.717, 1.165) is 6.54 Å². The lowest BCUT2D eigenvalue weighted by Gasteiger charge is -2.10. The molecule has 0 saturated heterocycles. The van der Waals surface area contributed by atoms with E-state index in [9.17, 15) is 0 Å². The third-order valence-corrected chi connectivity index (χ3v) is 1.96. The Hall–Kier alpha value is -0.800. The molecule has 0 spiro atoms. The van der Waals surface area contributed by atoms with Crippen molar-refractivity contribution < 1.29 is 5.11 Å². The Morgan fingerprint density at radius 3 is 2.92 bits per heavy atom. The molecule has 1 atom stereocenters. The highest BCUT2D eigenvalue weighted by Crippen LogP contribution is 1.98. The number of aliphatic hydroxyl groups excluding tert-OH is 1. The monoisotopic (exact) mass is 168 g/mol. The zero-order valence-electron chi connectivity index (χ0n) is 7.62. The molecular weight excluding hydrogens is 152 g/mol. The van der Waals surface area contributed by atoms with Crippen LogP contribution >= 0.6 is 0 Å². The first-order valence-electron chi connectivity index (χ1n) is 4.18. The molecule has 0 aromatic carbocycles. The third-order valence-electron chi connectivity index (χ3n) is 1.96. The molecule has 2 N–H and O–H groups in total. The normalized spacial score (nSPS) is 13.2. The summed E-state index contributed by atoms with van der Waals surface area (Å²) in [5.74, 6) is 0. The van der Waals surface area contributed by atoms with E-state index in [-0.39, 0.29) is 12.6 Å². The van der Waals surface area contributed by atoms with Gasteiger partial charge in [-0.2, -0.15) is 0 Å². The Kier molecular flexibility index (Phi) is 3.31. The van der Waals surface area contributed by atoms with E-state index >= 15 is 0 Å². The van der Waals surface area contributed by atoms with Gasteiger partial charge in [-0.15, -0.1) is 0 Å². The molecule has 0 aliphatic heterocycles. The maximum absolute atomic E-state index is 8.76. The Balaban J connectivity index is 2.38. The molecule has 0 saturated carbocycles. The van der Waals surface area contributed by atoms with Gasteiger partial charge >= 0.3 is 0 Å². The van der Waals surface area contributed by atoms with Gasteiger partial charge in [-0.1, -0.05) is 0 Å². The number of hydrogen-bond donors (Lipinski definition) is 2. The fourth-order valence-corrected chi connectivity index (χ4v) is 1.02. The fourth-order valence-electron chi connectivity index (χ4n) is 1.02. The Bertz CT molecular complexity index is 232. The lowest BCUT2D eigenvalue weighted by Crippen LogP contribution is -2.29. The summed E-state index contributed by atoms with van der Waals surface area (Å²) >= 11 is 0. The zero-order chi connectivity index (χ0) is 8.97. The molecule has 3 heteroatoms. The van der Waals surface area contributed by atoms with E-state index < -0.39 is 0 Å². The highest BCUT2D eigenvalue weighted by molar-refractivity contribution is 5.06. The first kappa shape index (κ1) is 9.29. The topological polar surface area (TPSA) is 37.2 Å². The van der Waals surface area contributed by atoms with Crippen LogP contribution in [0.2, 0.25) is 0 Å². The Labute approximate surface area is 73.0 Å². The molecule has 0 radical (unpaired) electrons. The maximum atomic E-state index is 8.76. The molecule has 0 fully saturated rings. The molecule has 1 rings (SSSR count). The summed E-state index contributed by atoms with van der Waals surface area (Å²) in [6.07, 6.45) is 2.01. The summed E-state index contributed by atoms with van der Waals surface area (Å²) < 4.78 is 2.07. The van der Waals surface area contributed by atoms with Gasteiger partial charge in [0, 0.05) is 31.5 Å². The predicted octanol–water partition coefficient (Wildman–Crippen LogP) is 0.495. The molecule has 0 aliphatic rings. The average Bonchev–Trinajstić information content (AvgIpc) is 2.47. The lowest BCUT2D eigenvalue weighted by molar-refractivity contribution is 0.250. The number of hydrogen-bond acceptors (Lipinski definition) is 2. The molecule has 1 heterocycles. The zero-order valence-corrected chi connectivity index (χ0v) is 7.62. The summed E-state index contributed by atoms with van der Waals surface area (Å²) in [5.41, 5.74) is 1.23. The summed E-state index contributed by atoms with van der Waals surface area (Å²) in [6, 6.07) is 4.25. The lowest BCUT2D eigenvalue weighted by atomic mass is 10.3. The van der Waals surface area contributed by atoms with Crippen LogP contribution in [-0.4, -0.2) is 22.3 Å². The third kappa shape index (κ3) is 2.36. The van der Waals surface area contributed by atoms with Crippen molar-refractivity contribution in [1.82, 2.24) is 9.88 Å². The highest BCUT2D eigenvalue weighted by atomic mass is 16.3. The molecule has 12 heavy (non-hydrogen) atoms. The maximum Gasteiger partial charge on any atom is 0.0582 e. The average molecular weight is 168 g/mol. The second-order valence-electron chi connectivity index (χ2n) is 3.07. The standard InChI is InChI=1S/C9H16N2O/c1-8(7-12)10-6-9-4-3-5-11(9)2/h3-5,8,10,12H,6-7H2,1-2H3. The fraction of sp³-hybridized carbons (Fsp3) is 0.556. The van der Waals surface area contributed by atoms with Crippen molar-refractivity contribution in [3.05, 3.63) is 24.0 Å². The van der Waals surface area contributed by atoms with E-state index in [1.54, 1.807) is 0 Å². The number of aryl methyl sites for hydroxylation is 1. The molecule has 3 nitrogen and oxygen atoms in total. The van der Waals surface area contributed by atoms with Gasteiger partial charge < -0.3 is 15.0 Å². The van der Waals surface area contributed by atoms with Gasteiger partial charge in [0.05, 0.1) is 6.61 Å². The van der Waals surface area contributed by atoms with E-state index in [1.165, 1.54) is 5.69 Å². The van der Waals surface area contributed by atoms with Crippen LogP contribution in [0.4, 0.5) is 0 Å². The second kappa shape index (κ2) is 4.28. The van der Waals surface area contributed by atoms with Crippen LogP contribution in [0.3, 0.4) is 0 Å². The molecular formula is C9H16N2O. The van der Waals surface area contributed by atoms with Crippen molar-refractivity contribution in [3.8, 4) is 0 Å². The van der Waals surface area contributed by atoms with Gasteiger partial charge in [-0.05, 0) is 19.1 Å². The van der Waals surface area contributed by atoms with Crippen molar-refractivity contribution in [3.63, 3.8) is 0 Å². The van der Waals surface area contributed by atoms with E-state index in [1.807, 2.05) is 26.2 Å². The summed E-state index contributed by atoms with van der Waals surface area (Å²) in [5, 5.41) is 12.0. The van der Waals surface area contributed by atoms with Crippen LogP contribution in [0.1, 0.15) is 12.6 Å². The molecule has 1 aromatic heterocycles. The van der Waals surface area contributed by atoms with Gasteiger partial charge in [-0.3, -0.25) is 0 Å². The number of nitrogens with zero attached hydrogens (tertiary/aromatic N) is 1. The second-order valence-corrected chi connectivity index (χ2v) is 3.07. The molecule has 1 aromatic rings. The van der Waals surface area contributed by atoms with Crippen LogP contribution in [0.15, 0.2) is 18.3 Å². The van der Waals surface area contributed by atoms with Crippen molar-refractivity contribution in [2.24, 2.45) is 7.05 Å². The number of nitrogens with one attached hydrogen (secondary N) is 1. The van der Waals surface area contributed by atoms with E-state index in [4.69, 9.17) is 5.11 Å². The van der Waals surface area contributed by atoms with Gasteiger partial charge in [0.15, 0.2) is 0 Å². The van der Waals surface area contributed by atoms with Crippen LogP contribution in [0, 0.1) is 0 Å². The predicted molar refractivity (Wildman–Crippen MR) is 48.8 cm³/mol. The smallest absolute Gasteiger partial charge is 0.0582 e. The first-order chi connectivity index (χ1) is 5.74. The van der Waals surface area contributed by atoms with Crippen molar-refractivity contribution >= 4 is 0 Å². The Morgan fingerprint density at radius 1 is 1.67 bits per heavy atom. The van der Waals surface area contributed by atoms with Gasteiger partial charge in [0.25, 0.3) is 0 Å². The first-order valence-corrected chi connectivity index (χ1v) is 4.18. The van der Waals surface area contributed by atoms with Crippen LogP contribution in [0.5, 0.6) is 0 Å². The van der Waals surface area contributed by atoms with Gasteiger partial charge in [0.1, 0.15) is 0 Å².